The number of fused-ring (bicyclic) bond motifs is 4. The first-order valence-corrected chi connectivity index (χ1v) is 19.8. The second-order valence-corrected chi connectivity index (χ2v) is 14.9. The lowest BCUT2D eigenvalue weighted by atomic mass is 9.62. The summed E-state index contributed by atoms with van der Waals surface area (Å²) in [6.07, 6.45) is 3.80. The molecule has 0 bridgehead atoms. The molecule has 0 aliphatic carbocycles. The first-order valence-electron chi connectivity index (χ1n) is 19.8. The Morgan fingerprint density at radius 3 is 0.793 bits per heavy atom. The zero-order valence-corrected chi connectivity index (χ0v) is 31.7. The van der Waals surface area contributed by atoms with Gasteiger partial charge in [0.2, 0.25) is 0 Å². The van der Waals surface area contributed by atoms with E-state index in [0.717, 1.165) is 34.4 Å². The van der Waals surface area contributed by atoms with Crippen molar-refractivity contribution in [1.82, 2.24) is 9.97 Å². The molecule has 11 rings (SSSR count). The van der Waals surface area contributed by atoms with Crippen LogP contribution in [0.5, 0.6) is 0 Å². The monoisotopic (exact) mass is 742 g/mol. The van der Waals surface area contributed by atoms with Crippen LogP contribution in [0.4, 0.5) is 34.4 Å². The molecule has 4 heteroatoms. The van der Waals surface area contributed by atoms with Crippen LogP contribution in [-0.4, -0.2) is 9.97 Å². The summed E-state index contributed by atoms with van der Waals surface area (Å²) in [6.45, 7) is 0. The van der Waals surface area contributed by atoms with Crippen LogP contribution < -0.4 is 9.80 Å². The predicted octanol–water partition coefficient (Wildman–Crippen LogP) is 12.8. The molecule has 0 fully saturated rings. The molecule has 0 radical (unpaired) electrons. The molecular weight excluding hydrogens is 705 g/mol. The molecule has 0 unspecified atom stereocenters. The second kappa shape index (κ2) is 13.6. The topological polar surface area (TPSA) is 32.3 Å². The van der Waals surface area contributed by atoms with Crippen LogP contribution in [0.2, 0.25) is 0 Å². The highest BCUT2D eigenvalue weighted by atomic mass is 15.3. The molecule has 0 saturated carbocycles. The number of benzene rings is 8. The van der Waals surface area contributed by atoms with Crippen LogP contribution >= 0.6 is 0 Å². The Kier molecular flexibility index (Phi) is 7.90. The Hall–Kier alpha value is -7.56. The first kappa shape index (κ1) is 33.8. The van der Waals surface area contributed by atoms with E-state index < -0.39 is 10.8 Å². The fourth-order valence-corrected chi connectivity index (χ4v) is 9.88. The molecule has 0 atom stereocenters. The molecule has 0 amide bonds. The number of hydrogen-bond donors (Lipinski definition) is 0. The fourth-order valence-electron chi connectivity index (χ4n) is 9.88. The number of para-hydroxylation sites is 4. The molecule has 0 spiro atoms. The highest BCUT2D eigenvalue weighted by Crippen LogP contribution is 2.59. The lowest BCUT2D eigenvalue weighted by molar-refractivity contribution is 0.727. The minimum absolute atomic E-state index is 0.569. The summed E-state index contributed by atoms with van der Waals surface area (Å²) < 4.78 is 0. The van der Waals surface area contributed by atoms with Gasteiger partial charge in [0.1, 0.15) is 0 Å². The van der Waals surface area contributed by atoms with E-state index in [4.69, 9.17) is 9.97 Å². The van der Waals surface area contributed by atoms with E-state index in [9.17, 15) is 0 Å². The molecule has 1 aromatic heterocycles. The van der Waals surface area contributed by atoms with Crippen molar-refractivity contribution in [2.24, 2.45) is 0 Å². The van der Waals surface area contributed by atoms with Crippen molar-refractivity contribution < 1.29 is 0 Å². The van der Waals surface area contributed by atoms with Gasteiger partial charge in [0.05, 0.1) is 46.0 Å². The van der Waals surface area contributed by atoms with Gasteiger partial charge in [-0.25, -0.2) is 4.98 Å². The Balaban J connectivity index is 1.14. The lowest BCUT2D eigenvalue weighted by Crippen LogP contribution is -2.38. The van der Waals surface area contributed by atoms with Gasteiger partial charge >= 0.3 is 0 Å². The third-order valence-corrected chi connectivity index (χ3v) is 12.1. The summed E-state index contributed by atoms with van der Waals surface area (Å²) in [5, 5.41) is 0. The summed E-state index contributed by atoms with van der Waals surface area (Å²) >= 11 is 0. The predicted molar refractivity (Wildman–Crippen MR) is 235 cm³/mol. The van der Waals surface area contributed by atoms with E-state index in [-0.39, 0.29) is 0 Å². The van der Waals surface area contributed by atoms with Crippen molar-refractivity contribution in [1.29, 1.82) is 0 Å². The Morgan fingerprint density at radius 1 is 0.276 bits per heavy atom. The SMILES string of the molecule is c1ccc(C2(c3ccccc3)c3ccccc3N(c3cncc(N4c5ccccc5C(c5ccccc5)(c5ccccc5)c5ccccc54)n3)c3ccccc32)cc1. The number of rotatable bonds is 6. The Labute approximate surface area is 339 Å². The zero-order chi connectivity index (χ0) is 38.5. The maximum absolute atomic E-state index is 5.59. The quantitative estimate of drug-likeness (QED) is 0.170. The molecule has 2 aliphatic rings. The van der Waals surface area contributed by atoms with Crippen molar-refractivity contribution in [2.75, 3.05) is 9.80 Å². The average molecular weight is 743 g/mol. The maximum Gasteiger partial charge on any atom is 0.158 e. The van der Waals surface area contributed by atoms with Gasteiger partial charge in [-0.15, -0.1) is 0 Å². The highest BCUT2D eigenvalue weighted by Gasteiger charge is 2.48. The molecule has 8 aromatic carbocycles. The van der Waals surface area contributed by atoms with Crippen molar-refractivity contribution in [3.05, 3.63) is 275 Å². The van der Waals surface area contributed by atoms with Crippen molar-refractivity contribution in [3.63, 3.8) is 0 Å². The number of nitrogens with zero attached hydrogens (tertiary/aromatic N) is 4. The largest absolute Gasteiger partial charge is 0.293 e. The minimum Gasteiger partial charge on any atom is -0.293 e. The van der Waals surface area contributed by atoms with Crippen LogP contribution in [-0.2, 0) is 10.8 Å². The van der Waals surface area contributed by atoms with Gasteiger partial charge in [-0.2, -0.15) is 0 Å². The number of aromatic nitrogens is 2. The molecule has 4 nitrogen and oxygen atoms in total. The van der Waals surface area contributed by atoms with E-state index in [1.54, 1.807) is 0 Å². The molecule has 274 valence electrons. The van der Waals surface area contributed by atoms with Crippen molar-refractivity contribution in [3.8, 4) is 0 Å². The van der Waals surface area contributed by atoms with E-state index >= 15 is 0 Å². The summed E-state index contributed by atoms with van der Waals surface area (Å²) in [7, 11) is 0. The summed E-state index contributed by atoms with van der Waals surface area (Å²) in [6, 6.07) is 78.7. The van der Waals surface area contributed by atoms with Gasteiger partial charge in [-0.1, -0.05) is 194 Å². The fraction of sp³-hybridized carbons (Fsp3) is 0.0370. The van der Waals surface area contributed by atoms with E-state index in [1.165, 1.54) is 44.5 Å². The highest BCUT2D eigenvalue weighted by molar-refractivity contribution is 5.91. The van der Waals surface area contributed by atoms with Crippen LogP contribution in [0.25, 0.3) is 0 Å². The third-order valence-electron chi connectivity index (χ3n) is 12.1. The summed E-state index contributed by atoms with van der Waals surface area (Å²) in [4.78, 5) is 15.2. The zero-order valence-electron chi connectivity index (χ0n) is 31.7. The smallest absolute Gasteiger partial charge is 0.158 e. The molecule has 3 heterocycles. The van der Waals surface area contributed by atoms with Crippen molar-refractivity contribution >= 4 is 34.4 Å². The van der Waals surface area contributed by atoms with E-state index in [0.29, 0.717) is 0 Å². The summed E-state index contributed by atoms with van der Waals surface area (Å²) in [5.74, 6) is 1.48. The van der Waals surface area contributed by atoms with Gasteiger partial charge in [0, 0.05) is 0 Å². The molecule has 2 aliphatic heterocycles. The second-order valence-electron chi connectivity index (χ2n) is 14.9. The normalized spacial score (nSPS) is 14.4. The minimum atomic E-state index is -0.569. The van der Waals surface area contributed by atoms with Crippen LogP contribution in [0.1, 0.15) is 44.5 Å². The summed E-state index contributed by atoms with van der Waals surface area (Å²) in [5.41, 5.74) is 12.7. The van der Waals surface area contributed by atoms with Crippen LogP contribution in [0.15, 0.2) is 231 Å². The maximum atomic E-state index is 5.59. The third kappa shape index (κ3) is 4.82. The Morgan fingerprint density at radius 2 is 0.517 bits per heavy atom. The standard InChI is InChI=1S/C54H38N4/c1-5-21-39(22-6-1)53(40-23-7-2-8-24-40)43-29-13-17-33-47(43)57(48-34-18-14-30-44(48)53)51-37-55-38-52(56-51)58-49-35-19-15-31-45(49)54(41-25-9-3-10-26-41,42-27-11-4-12-28-42)46-32-16-20-36-50(46)58/h1-38H. The molecule has 9 aromatic rings. The molecular formula is C54H38N4. The van der Waals surface area contributed by atoms with Gasteiger partial charge in [-0.05, 0) is 68.8 Å². The molecule has 58 heavy (non-hydrogen) atoms. The van der Waals surface area contributed by atoms with Gasteiger partial charge in [-0.3, -0.25) is 14.8 Å². The van der Waals surface area contributed by atoms with Crippen LogP contribution in [0.3, 0.4) is 0 Å². The van der Waals surface area contributed by atoms with Gasteiger partial charge < -0.3 is 0 Å². The Bertz CT molecular complexity index is 2540. The lowest BCUT2D eigenvalue weighted by Gasteiger charge is -2.47. The van der Waals surface area contributed by atoms with Gasteiger partial charge in [0.15, 0.2) is 11.6 Å². The molecule has 0 saturated heterocycles. The van der Waals surface area contributed by atoms with E-state index in [1.807, 2.05) is 12.4 Å². The number of hydrogen-bond acceptors (Lipinski definition) is 4. The molecule has 0 N–H and O–H groups in total. The van der Waals surface area contributed by atoms with Crippen molar-refractivity contribution in [2.45, 2.75) is 10.8 Å². The van der Waals surface area contributed by atoms with E-state index in [2.05, 4.69) is 228 Å². The first-order chi connectivity index (χ1) is 28.8. The number of anilines is 6. The van der Waals surface area contributed by atoms with Gasteiger partial charge in [0.25, 0.3) is 0 Å². The average Bonchev–Trinajstić information content (AvgIpc) is 3.31. The van der Waals surface area contributed by atoms with Crippen LogP contribution in [0, 0.1) is 0 Å².